The van der Waals surface area contributed by atoms with Gasteiger partial charge in [0.15, 0.2) is 6.10 Å². The molecule has 4 aromatic carbocycles. The van der Waals surface area contributed by atoms with Crippen LogP contribution < -0.4 is 14.4 Å². The second-order valence-corrected chi connectivity index (χ2v) is 10.8. The maximum atomic E-state index is 13.5. The van der Waals surface area contributed by atoms with Crippen LogP contribution in [0.3, 0.4) is 0 Å². The second-order valence-electron chi connectivity index (χ2n) is 8.47. The highest BCUT2D eigenvalue weighted by Crippen LogP contribution is 2.39. The lowest BCUT2D eigenvalue weighted by molar-refractivity contribution is -0.127. The van der Waals surface area contributed by atoms with E-state index in [-0.39, 0.29) is 17.2 Å². The molecule has 0 saturated carbocycles. The number of nitrogens with zero attached hydrogens (tertiary/aromatic N) is 1. The number of nitrogens with one attached hydrogen (secondary N) is 1. The predicted octanol–water partition coefficient (Wildman–Crippen LogP) is 5.07. The maximum absolute atomic E-state index is 13.5. The average Bonchev–Trinajstić information content (AvgIpc) is 2.86. The number of hydrogen-bond acceptors (Lipinski definition) is 4. The number of halogens is 1. The minimum atomic E-state index is -3.95. The van der Waals surface area contributed by atoms with Gasteiger partial charge < -0.3 is 10.1 Å². The molecular weight excluding hydrogens is 484 g/mol. The number of ether oxygens (including phenoxy) is 1. The molecule has 1 heterocycles. The minimum absolute atomic E-state index is 0.131. The molecule has 1 unspecified atom stereocenters. The lowest BCUT2D eigenvalue weighted by atomic mass is 10.1. The zero-order valence-corrected chi connectivity index (χ0v) is 20.5. The maximum Gasteiger partial charge on any atom is 0.264 e. The number of hydrogen-bond donors (Lipinski definition) is 1. The van der Waals surface area contributed by atoms with Crippen LogP contribution in [-0.4, -0.2) is 27.0 Å². The van der Waals surface area contributed by atoms with Crippen LogP contribution in [0.15, 0.2) is 89.8 Å². The van der Waals surface area contributed by atoms with E-state index in [1.54, 1.807) is 36.4 Å². The smallest absolute Gasteiger partial charge is 0.264 e. The predicted molar refractivity (Wildman–Crippen MR) is 137 cm³/mol. The Morgan fingerprint density at radius 2 is 1.74 bits per heavy atom. The molecule has 8 heteroatoms. The zero-order chi connectivity index (χ0) is 24.6. The number of sulfonamides is 1. The molecule has 0 aromatic heterocycles. The summed E-state index contributed by atoms with van der Waals surface area (Å²) >= 11 is 6.16. The van der Waals surface area contributed by atoms with Crippen molar-refractivity contribution in [2.45, 2.75) is 24.5 Å². The Balaban J connectivity index is 1.40. The summed E-state index contributed by atoms with van der Waals surface area (Å²) in [4.78, 5) is 13.2. The number of carbonyl (C=O) groups is 1. The van der Waals surface area contributed by atoms with Gasteiger partial charge in [0.25, 0.3) is 15.9 Å². The highest BCUT2D eigenvalue weighted by atomic mass is 35.5. The van der Waals surface area contributed by atoms with E-state index < -0.39 is 22.0 Å². The van der Waals surface area contributed by atoms with Crippen LogP contribution in [-0.2, 0) is 21.4 Å². The lowest BCUT2D eigenvalue weighted by Gasteiger charge is -2.35. The first-order chi connectivity index (χ1) is 16.8. The molecule has 35 heavy (non-hydrogen) atoms. The fraction of sp³-hybridized carbons (Fsp3) is 0.148. The molecule has 0 aliphatic carbocycles. The summed E-state index contributed by atoms with van der Waals surface area (Å²) in [6.45, 7) is 2.00. The van der Waals surface area contributed by atoms with Crippen LogP contribution in [0.25, 0.3) is 10.8 Å². The van der Waals surface area contributed by atoms with Gasteiger partial charge in [0, 0.05) is 11.6 Å². The van der Waals surface area contributed by atoms with Crippen molar-refractivity contribution in [1.29, 1.82) is 0 Å². The molecule has 4 aromatic rings. The Morgan fingerprint density at radius 3 is 2.51 bits per heavy atom. The highest BCUT2D eigenvalue weighted by molar-refractivity contribution is 7.92. The Labute approximate surface area is 209 Å². The number of amides is 1. The SMILES string of the molecule is Cc1ccc(S(=O)(=O)N2CC(C(=O)NCc3ccc4ccccc4c3)Oc3ccc(Cl)cc32)cc1. The fourth-order valence-corrected chi connectivity index (χ4v) is 5.71. The first-order valence-electron chi connectivity index (χ1n) is 11.1. The number of fused-ring (bicyclic) bond motifs is 2. The summed E-state index contributed by atoms with van der Waals surface area (Å²) in [6, 6.07) is 25.3. The van der Waals surface area contributed by atoms with E-state index >= 15 is 0 Å². The van der Waals surface area contributed by atoms with Crippen LogP contribution in [0.1, 0.15) is 11.1 Å². The molecule has 0 fully saturated rings. The van der Waals surface area contributed by atoms with Gasteiger partial charge in [-0.3, -0.25) is 9.10 Å². The Bertz CT molecular complexity index is 1520. The lowest BCUT2D eigenvalue weighted by Crippen LogP contribution is -2.50. The van der Waals surface area contributed by atoms with Crippen LogP contribution >= 0.6 is 11.6 Å². The standard InChI is InChI=1S/C27H23ClN2O4S/c1-18-6-11-23(12-7-18)35(32,33)30-17-26(34-25-13-10-22(28)15-24(25)30)27(31)29-16-19-8-9-20-4-2-3-5-21(20)14-19/h2-15,26H,16-17H2,1H3,(H,29,31). The summed E-state index contributed by atoms with van der Waals surface area (Å²) in [5.74, 6) is -0.120. The van der Waals surface area contributed by atoms with E-state index in [9.17, 15) is 13.2 Å². The summed E-state index contributed by atoms with van der Waals surface area (Å²) in [5, 5.41) is 5.45. The molecular formula is C27H23ClN2O4S. The molecule has 1 amide bonds. The topological polar surface area (TPSA) is 75.7 Å². The normalized spacial score (nSPS) is 15.4. The van der Waals surface area contributed by atoms with E-state index in [2.05, 4.69) is 5.32 Å². The molecule has 1 N–H and O–H groups in total. The van der Waals surface area contributed by atoms with E-state index in [1.807, 2.05) is 49.4 Å². The number of carbonyl (C=O) groups excluding carboxylic acids is 1. The Morgan fingerprint density at radius 1 is 1.00 bits per heavy atom. The van der Waals surface area contributed by atoms with E-state index in [4.69, 9.17) is 16.3 Å². The van der Waals surface area contributed by atoms with Gasteiger partial charge in [-0.15, -0.1) is 0 Å². The highest BCUT2D eigenvalue weighted by Gasteiger charge is 2.37. The summed E-state index contributed by atoms with van der Waals surface area (Å²) in [5.41, 5.74) is 2.18. The van der Waals surface area contributed by atoms with E-state index in [0.717, 1.165) is 21.9 Å². The minimum Gasteiger partial charge on any atom is -0.476 e. The number of anilines is 1. The molecule has 0 saturated heterocycles. The van der Waals surface area contributed by atoms with Gasteiger partial charge in [-0.2, -0.15) is 0 Å². The Kier molecular flexibility index (Phi) is 6.13. The first kappa shape index (κ1) is 23.2. The fourth-order valence-electron chi connectivity index (χ4n) is 4.08. The molecule has 1 aliphatic heterocycles. The van der Waals surface area contributed by atoms with Crippen LogP contribution in [0, 0.1) is 6.92 Å². The third-order valence-electron chi connectivity index (χ3n) is 5.97. The van der Waals surface area contributed by atoms with Gasteiger partial charge in [0.2, 0.25) is 0 Å². The van der Waals surface area contributed by atoms with E-state index in [0.29, 0.717) is 17.3 Å². The molecule has 1 aliphatic rings. The molecule has 0 bridgehead atoms. The van der Waals surface area contributed by atoms with Crippen molar-refractivity contribution in [2.24, 2.45) is 0 Å². The van der Waals surface area contributed by atoms with Crippen molar-refractivity contribution in [2.75, 3.05) is 10.8 Å². The first-order valence-corrected chi connectivity index (χ1v) is 12.9. The third kappa shape index (κ3) is 4.70. The summed E-state index contributed by atoms with van der Waals surface area (Å²) in [7, 11) is -3.95. The molecule has 5 rings (SSSR count). The largest absolute Gasteiger partial charge is 0.476 e. The van der Waals surface area contributed by atoms with E-state index in [1.165, 1.54) is 10.4 Å². The molecule has 178 valence electrons. The van der Waals surface area contributed by atoms with Crippen molar-refractivity contribution in [3.63, 3.8) is 0 Å². The second kappa shape index (κ2) is 9.24. The van der Waals surface area contributed by atoms with Gasteiger partial charge in [0.1, 0.15) is 5.75 Å². The third-order valence-corrected chi connectivity index (χ3v) is 8.00. The molecule has 6 nitrogen and oxygen atoms in total. The average molecular weight is 507 g/mol. The van der Waals surface area contributed by atoms with Crippen molar-refractivity contribution in [3.8, 4) is 5.75 Å². The van der Waals surface area contributed by atoms with Crippen LogP contribution in [0.2, 0.25) is 5.02 Å². The summed E-state index contributed by atoms with van der Waals surface area (Å²) < 4.78 is 34.2. The van der Waals surface area contributed by atoms with Crippen molar-refractivity contribution in [3.05, 3.63) is 101 Å². The molecule has 1 atom stereocenters. The molecule has 0 radical (unpaired) electrons. The van der Waals surface area contributed by atoms with Crippen LogP contribution in [0.4, 0.5) is 5.69 Å². The summed E-state index contributed by atoms with van der Waals surface area (Å²) in [6.07, 6.45) is -1.02. The van der Waals surface area contributed by atoms with Gasteiger partial charge in [0.05, 0.1) is 17.1 Å². The van der Waals surface area contributed by atoms with Gasteiger partial charge in [-0.1, -0.05) is 65.7 Å². The Hall–Kier alpha value is -3.55. The van der Waals surface area contributed by atoms with Crippen LogP contribution in [0.5, 0.6) is 5.75 Å². The number of aryl methyl sites for hydroxylation is 1. The van der Waals surface area contributed by atoms with Crippen molar-refractivity contribution >= 4 is 44.0 Å². The zero-order valence-electron chi connectivity index (χ0n) is 18.9. The number of benzene rings is 4. The number of rotatable bonds is 5. The quantitative estimate of drug-likeness (QED) is 0.410. The van der Waals surface area contributed by atoms with Crippen molar-refractivity contribution < 1.29 is 17.9 Å². The van der Waals surface area contributed by atoms with Crippen molar-refractivity contribution in [1.82, 2.24) is 5.32 Å². The van der Waals surface area contributed by atoms with Gasteiger partial charge >= 0.3 is 0 Å². The van der Waals surface area contributed by atoms with Gasteiger partial charge in [-0.05, 0) is 59.7 Å². The monoisotopic (exact) mass is 506 g/mol. The van der Waals surface area contributed by atoms with Gasteiger partial charge in [-0.25, -0.2) is 8.42 Å². The molecule has 0 spiro atoms.